The van der Waals surface area contributed by atoms with E-state index in [-0.39, 0.29) is 23.5 Å². The first kappa shape index (κ1) is 25.6. The molecule has 5 nitrogen and oxygen atoms in total. The highest BCUT2D eigenvalue weighted by Crippen LogP contribution is 2.35. The third kappa shape index (κ3) is 8.45. The van der Waals surface area contributed by atoms with Gasteiger partial charge in [0.1, 0.15) is 28.6 Å². The highest BCUT2D eigenvalue weighted by Gasteiger charge is 2.20. The second-order valence-electron chi connectivity index (χ2n) is 7.99. The van der Waals surface area contributed by atoms with Crippen LogP contribution in [0.15, 0.2) is 36.4 Å². The number of rotatable bonds is 16. The summed E-state index contributed by atoms with van der Waals surface area (Å²) in [7, 11) is 0. The maximum Gasteiger partial charge on any atom is 0.170 e. The molecule has 2 aromatic rings. The number of aryl methyl sites for hydroxylation is 1. The molecule has 0 aliphatic carbocycles. The molecule has 0 aliphatic heterocycles. The van der Waals surface area contributed by atoms with Crippen LogP contribution >= 0.6 is 0 Å². The minimum absolute atomic E-state index is 0.0878. The van der Waals surface area contributed by atoms with Crippen molar-refractivity contribution in [3.05, 3.63) is 47.5 Å². The topological polar surface area (TPSA) is 65.0 Å². The Morgan fingerprint density at radius 1 is 0.781 bits per heavy atom. The molecule has 0 radical (unpaired) electrons. The van der Waals surface area contributed by atoms with Gasteiger partial charge in [0.15, 0.2) is 5.78 Å². The summed E-state index contributed by atoms with van der Waals surface area (Å²) < 4.78 is 17.3. The molecule has 5 heteroatoms. The minimum atomic E-state index is -0.141. The molecule has 0 aromatic heterocycles. The van der Waals surface area contributed by atoms with Gasteiger partial charge in [0.05, 0.1) is 19.8 Å². The van der Waals surface area contributed by atoms with Crippen LogP contribution in [0.5, 0.6) is 23.0 Å². The number of benzene rings is 2. The summed E-state index contributed by atoms with van der Waals surface area (Å²) in [6, 6.07) is 11.1. The molecule has 0 saturated heterocycles. The van der Waals surface area contributed by atoms with E-state index >= 15 is 0 Å². The lowest BCUT2D eigenvalue weighted by molar-refractivity contribution is 0.0976. The maximum atomic E-state index is 13.0. The van der Waals surface area contributed by atoms with Gasteiger partial charge < -0.3 is 19.3 Å². The van der Waals surface area contributed by atoms with E-state index in [1.54, 1.807) is 6.07 Å². The number of hydrogen-bond acceptors (Lipinski definition) is 5. The second kappa shape index (κ2) is 14.4. The van der Waals surface area contributed by atoms with Crippen molar-refractivity contribution < 1.29 is 24.1 Å². The van der Waals surface area contributed by atoms with Crippen molar-refractivity contribution in [1.29, 1.82) is 0 Å². The third-order valence-electron chi connectivity index (χ3n) is 5.19. The number of hydrogen-bond donors (Lipinski definition) is 1. The van der Waals surface area contributed by atoms with Gasteiger partial charge in [-0.2, -0.15) is 0 Å². The molecule has 0 heterocycles. The summed E-state index contributed by atoms with van der Waals surface area (Å²) in [5, 5.41) is 10.6. The first-order valence-electron chi connectivity index (χ1n) is 12.0. The van der Waals surface area contributed by atoms with Crippen LogP contribution in [0, 0.1) is 0 Å². The Hall–Kier alpha value is -2.69. The average Bonchev–Trinajstić information content (AvgIpc) is 2.79. The number of ether oxygens (including phenoxy) is 3. The van der Waals surface area contributed by atoms with Crippen molar-refractivity contribution in [1.82, 2.24) is 0 Å². The fourth-order valence-corrected chi connectivity index (χ4v) is 3.18. The lowest BCUT2D eigenvalue weighted by atomic mass is 10.0. The van der Waals surface area contributed by atoms with Crippen LogP contribution in [-0.2, 0) is 6.42 Å². The molecule has 0 fully saturated rings. The molecule has 0 spiro atoms. The van der Waals surface area contributed by atoms with Crippen molar-refractivity contribution in [2.45, 2.75) is 72.1 Å². The first-order chi connectivity index (χ1) is 15.6. The molecule has 32 heavy (non-hydrogen) atoms. The van der Waals surface area contributed by atoms with Gasteiger partial charge in [-0.25, -0.2) is 0 Å². The Bertz CT molecular complexity index is 814. The summed E-state index contributed by atoms with van der Waals surface area (Å²) in [5.41, 5.74) is 1.29. The quantitative estimate of drug-likeness (QED) is 0.230. The minimum Gasteiger partial charge on any atom is -0.507 e. The Kier molecular flexibility index (Phi) is 11.5. The Balaban J connectivity index is 2.06. The van der Waals surface area contributed by atoms with E-state index in [1.807, 2.05) is 24.3 Å². The van der Waals surface area contributed by atoms with Crippen LogP contribution in [0.1, 0.15) is 81.6 Å². The summed E-state index contributed by atoms with van der Waals surface area (Å²) in [6.45, 7) is 8.08. The van der Waals surface area contributed by atoms with Gasteiger partial charge in [-0.15, -0.1) is 0 Å². The number of carbonyl (C=O) groups excluding carboxylic acids is 1. The van der Waals surface area contributed by atoms with Gasteiger partial charge in [-0.05, 0) is 43.4 Å². The highest BCUT2D eigenvalue weighted by atomic mass is 16.5. The zero-order valence-electron chi connectivity index (χ0n) is 19.8. The molecular formula is C27H38O5. The molecule has 1 N–H and O–H groups in total. The number of phenols is 1. The van der Waals surface area contributed by atoms with E-state index in [1.165, 1.54) is 6.07 Å². The van der Waals surface area contributed by atoms with Crippen LogP contribution in [0.4, 0.5) is 0 Å². The number of carbonyl (C=O) groups is 1. The molecule has 0 bridgehead atoms. The van der Waals surface area contributed by atoms with Crippen molar-refractivity contribution in [2.24, 2.45) is 0 Å². The molecule has 0 aliphatic rings. The van der Waals surface area contributed by atoms with Crippen molar-refractivity contribution >= 4 is 5.78 Å². The molecule has 0 unspecified atom stereocenters. The summed E-state index contributed by atoms with van der Waals surface area (Å²) in [6.07, 6.45) is 6.81. The monoisotopic (exact) mass is 442 g/mol. The number of phenolic OH excluding ortho intramolecular Hbond substituents is 1. The van der Waals surface area contributed by atoms with Crippen LogP contribution in [0.2, 0.25) is 0 Å². The molecule has 176 valence electrons. The first-order valence-corrected chi connectivity index (χ1v) is 12.0. The zero-order chi connectivity index (χ0) is 23.2. The van der Waals surface area contributed by atoms with Crippen LogP contribution < -0.4 is 14.2 Å². The lowest BCUT2D eigenvalue weighted by Crippen LogP contribution is -2.08. The molecule has 0 amide bonds. The van der Waals surface area contributed by atoms with Crippen molar-refractivity contribution in [2.75, 3.05) is 19.8 Å². The number of ketones is 1. The summed E-state index contributed by atoms with van der Waals surface area (Å²) in [4.78, 5) is 13.0. The van der Waals surface area contributed by atoms with Crippen LogP contribution in [0.3, 0.4) is 0 Å². The van der Waals surface area contributed by atoms with E-state index in [9.17, 15) is 9.90 Å². The van der Waals surface area contributed by atoms with Crippen molar-refractivity contribution in [3.63, 3.8) is 0 Å². The number of aromatic hydroxyl groups is 1. The van der Waals surface area contributed by atoms with Crippen molar-refractivity contribution in [3.8, 4) is 23.0 Å². The van der Waals surface area contributed by atoms with Gasteiger partial charge >= 0.3 is 0 Å². The fourth-order valence-electron chi connectivity index (χ4n) is 3.18. The van der Waals surface area contributed by atoms with E-state index < -0.39 is 0 Å². The molecular weight excluding hydrogens is 404 g/mol. The Labute approximate surface area is 192 Å². The highest BCUT2D eigenvalue weighted by molar-refractivity contribution is 6.01. The second-order valence-corrected chi connectivity index (χ2v) is 7.99. The van der Waals surface area contributed by atoms with E-state index in [0.717, 1.165) is 49.8 Å². The SMILES string of the molecule is CCCCOc1ccc(CCC(=O)c2c(O)cc(OCCCC)cc2OCCCC)cc1. The molecule has 2 aromatic carbocycles. The normalized spacial score (nSPS) is 10.7. The van der Waals surface area contributed by atoms with Gasteiger partial charge in [0.2, 0.25) is 0 Å². The molecule has 0 atom stereocenters. The predicted molar refractivity (Wildman–Crippen MR) is 128 cm³/mol. The Morgan fingerprint density at radius 2 is 1.34 bits per heavy atom. The number of Topliss-reactive ketones (excluding diaryl/α,β-unsaturated/α-hetero) is 1. The van der Waals surface area contributed by atoms with E-state index in [0.29, 0.717) is 37.7 Å². The fraction of sp³-hybridized carbons (Fsp3) is 0.519. The largest absolute Gasteiger partial charge is 0.507 e. The summed E-state index contributed by atoms with van der Waals surface area (Å²) >= 11 is 0. The van der Waals surface area contributed by atoms with E-state index in [2.05, 4.69) is 20.8 Å². The van der Waals surface area contributed by atoms with Gasteiger partial charge in [-0.1, -0.05) is 52.2 Å². The van der Waals surface area contributed by atoms with Crippen LogP contribution in [-0.4, -0.2) is 30.7 Å². The van der Waals surface area contributed by atoms with E-state index in [4.69, 9.17) is 14.2 Å². The van der Waals surface area contributed by atoms with Gasteiger partial charge in [0, 0.05) is 18.6 Å². The summed E-state index contributed by atoms with van der Waals surface area (Å²) in [5.74, 6) is 1.54. The zero-order valence-corrected chi connectivity index (χ0v) is 19.8. The lowest BCUT2D eigenvalue weighted by Gasteiger charge is -2.15. The standard InChI is InChI=1S/C27H38O5/c1-4-7-16-30-22-13-10-21(11-14-22)12-15-24(28)27-25(29)19-23(31-17-8-5-2)20-26(27)32-18-9-6-3/h10-11,13-14,19-20,29H,4-9,12,15-18H2,1-3H3. The average molecular weight is 443 g/mol. The van der Waals surface area contributed by atoms with Gasteiger partial charge in [-0.3, -0.25) is 4.79 Å². The third-order valence-corrected chi connectivity index (χ3v) is 5.19. The molecule has 0 saturated carbocycles. The number of unbranched alkanes of at least 4 members (excludes halogenated alkanes) is 3. The Morgan fingerprint density at radius 3 is 1.94 bits per heavy atom. The van der Waals surface area contributed by atoms with Gasteiger partial charge in [0.25, 0.3) is 0 Å². The maximum absolute atomic E-state index is 13.0. The predicted octanol–water partition coefficient (Wildman–Crippen LogP) is 6.74. The smallest absolute Gasteiger partial charge is 0.170 e. The van der Waals surface area contributed by atoms with Crippen LogP contribution in [0.25, 0.3) is 0 Å². The molecule has 2 rings (SSSR count).